The Bertz CT molecular complexity index is 731. The maximum atomic E-state index is 12.9. The number of carbonyl (C=O) groups is 1. The van der Waals surface area contributed by atoms with Crippen LogP contribution in [0.15, 0.2) is 12.1 Å². The van der Waals surface area contributed by atoms with Crippen LogP contribution >= 0.6 is 24.0 Å². The van der Waals surface area contributed by atoms with E-state index in [4.69, 9.17) is 22.1 Å². The zero-order valence-corrected chi connectivity index (χ0v) is 17.3. The van der Waals surface area contributed by atoms with Crippen LogP contribution in [0.1, 0.15) is 49.4 Å². The number of hydrogen-bond donors (Lipinski definition) is 2. The zero-order valence-electron chi connectivity index (χ0n) is 15.8. The molecule has 0 aliphatic carbocycles. The molecule has 2 aliphatic rings. The molecule has 2 aliphatic heterocycles. The van der Waals surface area contributed by atoms with E-state index in [1.165, 1.54) is 12.8 Å². The lowest BCUT2D eigenvalue weighted by Gasteiger charge is -2.36. The van der Waals surface area contributed by atoms with Crippen molar-refractivity contribution in [1.82, 2.24) is 10.2 Å². The van der Waals surface area contributed by atoms with Gasteiger partial charge in [-0.05, 0) is 45.7 Å². The van der Waals surface area contributed by atoms with Crippen molar-refractivity contribution in [2.24, 2.45) is 0 Å². The van der Waals surface area contributed by atoms with Crippen LogP contribution in [-0.2, 0) is 0 Å². The molecular weight excluding hydrogens is 385 g/mol. The van der Waals surface area contributed by atoms with E-state index < -0.39 is 0 Å². The number of nitrogens with two attached hydrogens (primary N) is 1. The van der Waals surface area contributed by atoms with Crippen molar-refractivity contribution in [2.45, 2.75) is 57.2 Å². The Morgan fingerprint density at radius 1 is 1.37 bits per heavy atom. The number of nitrogens with one attached hydrogen (secondary N) is 1. The number of amides is 1. The van der Waals surface area contributed by atoms with Crippen LogP contribution in [0.25, 0.3) is 0 Å². The van der Waals surface area contributed by atoms with E-state index in [9.17, 15) is 4.79 Å². The third kappa shape index (κ3) is 5.01. The Labute approximate surface area is 172 Å². The Hall–Kier alpha value is -1.61. The number of nitrogen functional groups attached to an aromatic ring is 1. The number of ether oxygens (including phenoxy) is 1. The second-order valence-electron chi connectivity index (χ2n) is 7.09. The van der Waals surface area contributed by atoms with Gasteiger partial charge in [-0.15, -0.1) is 24.2 Å². The van der Waals surface area contributed by atoms with Crippen molar-refractivity contribution in [3.05, 3.63) is 22.7 Å². The fourth-order valence-electron chi connectivity index (χ4n) is 4.00. The van der Waals surface area contributed by atoms with Gasteiger partial charge in [0.2, 0.25) is 0 Å². The van der Waals surface area contributed by atoms with Gasteiger partial charge in [0.1, 0.15) is 5.75 Å². The number of carbonyl (C=O) groups excluding carboxylic acids is 1. The van der Waals surface area contributed by atoms with Crippen molar-refractivity contribution in [3.8, 4) is 17.6 Å². The molecule has 2 saturated heterocycles. The quantitative estimate of drug-likeness (QED) is 0.442. The van der Waals surface area contributed by atoms with Gasteiger partial charge >= 0.3 is 0 Å². The maximum Gasteiger partial charge on any atom is 0.255 e. The minimum absolute atomic E-state index is 0. The molecule has 0 spiro atoms. The lowest BCUT2D eigenvalue weighted by Crippen LogP contribution is -2.48. The van der Waals surface area contributed by atoms with E-state index in [0.29, 0.717) is 47.1 Å². The first-order chi connectivity index (χ1) is 12.5. The Morgan fingerprint density at radius 3 is 2.67 bits per heavy atom. The molecule has 5 nitrogen and oxygen atoms in total. The van der Waals surface area contributed by atoms with E-state index in [0.717, 1.165) is 12.8 Å². The molecule has 2 unspecified atom stereocenters. The third-order valence-electron chi connectivity index (χ3n) is 5.44. The minimum Gasteiger partial charge on any atom is -0.492 e. The summed E-state index contributed by atoms with van der Waals surface area (Å²) in [5.41, 5.74) is 6.72. The highest BCUT2D eigenvalue weighted by Crippen LogP contribution is 2.35. The topological polar surface area (TPSA) is 67.6 Å². The summed E-state index contributed by atoms with van der Waals surface area (Å²) in [6.07, 6.45) is 5.01. The van der Waals surface area contributed by atoms with E-state index in [1.807, 2.05) is 0 Å². The normalized spacial score (nSPS) is 23.7. The number of anilines is 1. The van der Waals surface area contributed by atoms with Gasteiger partial charge in [-0.3, -0.25) is 4.79 Å². The Morgan fingerprint density at radius 2 is 2.04 bits per heavy atom. The summed E-state index contributed by atoms with van der Waals surface area (Å²) in [7, 11) is 2.19. The number of piperidine rings is 1. The van der Waals surface area contributed by atoms with Gasteiger partial charge < -0.3 is 20.7 Å². The SMILES string of the molecule is CC#CCCOc1cc(N)c(Cl)cc1C(=O)NC1CC2CCC(C1)N2C.Cl. The molecule has 0 saturated carbocycles. The molecule has 1 amide bonds. The summed E-state index contributed by atoms with van der Waals surface area (Å²) in [4.78, 5) is 15.3. The zero-order chi connectivity index (χ0) is 18.7. The van der Waals surface area contributed by atoms with E-state index in [2.05, 4.69) is 29.1 Å². The van der Waals surface area contributed by atoms with Crippen LogP contribution in [0, 0.1) is 11.8 Å². The molecule has 1 aromatic rings. The van der Waals surface area contributed by atoms with Gasteiger partial charge in [0.25, 0.3) is 5.91 Å². The van der Waals surface area contributed by atoms with Gasteiger partial charge in [-0.2, -0.15) is 0 Å². The van der Waals surface area contributed by atoms with E-state index in [-0.39, 0.29) is 24.4 Å². The fraction of sp³-hybridized carbons (Fsp3) is 0.550. The Balaban J connectivity index is 0.00000261. The summed E-state index contributed by atoms with van der Waals surface area (Å²) >= 11 is 6.14. The summed E-state index contributed by atoms with van der Waals surface area (Å²) in [5, 5.41) is 3.53. The van der Waals surface area contributed by atoms with Gasteiger partial charge in [0, 0.05) is 30.6 Å². The number of fused-ring (bicyclic) bond motifs is 2. The van der Waals surface area contributed by atoms with Gasteiger partial charge in [-0.25, -0.2) is 0 Å². The lowest BCUT2D eigenvalue weighted by molar-refractivity contribution is 0.0879. The smallest absolute Gasteiger partial charge is 0.255 e. The molecule has 2 heterocycles. The number of rotatable bonds is 5. The predicted molar refractivity (Wildman–Crippen MR) is 112 cm³/mol. The standard InChI is InChI=1S/C20H26ClN3O2.ClH/c1-3-4-5-8-26-19-12-18(22)17(21)11-16(19)20(25)23-13-9-14-6-7-15(10-13)24(14)2;/h11-15H,5-10,22H2,1-2H3,(H,23,25);1H. The summed E-state index contributed by atoms with van der Waals surface area (Å²) in [6.45, 7) is 2.19. The molecule has 2 atom stereocenters. The third-order valence-corrected chi connectivity index (χ3v) is 5.77. The van der Waals surface area contributed by atoms with Gasteiger partial charge in [0.05, 0.1) is 22.9 Å². The lowest BCUT2D eigenvalue weighted by atomic mass is 9.97. The van der Waals surface area contributed by atoms with E-state index in [1.54, 1.807) is 19.1 Å². The Kier molecular flexibility index (Phi) is 7.67. The van der Waals surface area contributed by atoms with Gasteiger partial charge in [-0.1, -0.05) is 11.6 Å². The van der Waals surface area contributed by atoms with Crippen LogP contribution < -0.4 is 15.8 Å². The van der Waals surface area contributed by atoms with Crippen LogP contribution in [-0.4, -0.2) is 42.6 Å². The number of halogens is 2. The first kappa shape index (κ1) is 21.7. The average molecular weight is 412 g/mol. The second-order valence-corrected chi connectivity index (χ2v) is 7.49. The number of nitrogens with zero attached hydrogens (tertiary/aromatic N) is 1. The molecule has 3 rings (SSSR count). The highest BCUT2D eigenvalue weighted by Gasteiger charge is 2.39. The highest BCUT2D eigenvalue weighted by molar-refractivity contribution is 6.33. The molecular formula is C20H27Cl2N3O2. The first-order valence-electron chi connectivity index (χ1n) is 9.13. The van der Waals surface area contributed by atoms with Crippen LogP contribution in [0.2, 0.25) is 5.02 Å². The van der Waals surface area contributed by atoms with Crippen molar-refractivity contribution in [3.63, 3.8) is 0 Å². The van der Waals surface area contributed by atoms with Crippen molar-refractivity contribution < 1.29 is 9.53 Å². The molecule has 27 heavy (non-hydrogen) atoms. The number of hydrogen-bond acceptors (Lipinski definition) is 4. The molecule has 7 heteroatoms. The molecule has 2 bridgehead atoms. The largest absolute Gasteiger partial charge is 0.492 e. The molecule has 0 aromatic heterocycles. The van der Waals surface area contributed by atoms with Crippen LogP contribution in [0.4, 0.5) is 5.69 Å². The van der Waals surface area contributed by atoms with E-state index >= 15 is 0 Å². The van der Waals surface area contributed by atoms with Crippen molar-refractivity contribution >= 4 is 35.6 Å². The van der Waals surface area contributed by atoms with Crippen molar-refractivity contribution in [1.29, 1.82) is 0 Å². The fourth-order valence-corrected chi connectivity index (χ4v) is 4.16. The van der Waals surface area contributed by atoms with Crippen LogP contribution in [0.5, 0.6) is 5.75 Å². The predicted octanol–water partition coefficient (Wildman–Crippen LogP) is 3.49. The van der Waals surface area contributed by atoms with Gasteiger partial charge in [0.15, 0.2) is 0 Å². The average Bonchev–Trinajstić information content (AvgIpc) is 2.82. The highest BCUT2D eigenvalue weighted by atomic mass is 35.5. The monoisotopic (exact) mass is 411 g/mol. The molecule has 3 N–H and O–H groups in total. The second kappa shape index (κ2) is 9.54. The maximum absolute atomic E-state index is 12.9. The molecule has 0 radical (unpaired) electrons. The number of benzene rings is 1. The minimum atomic E-state index is -0.155. The summed E-state index contributed by atoms with van der Waals surface area (Å²) in [5.74, 6) is 6.07. The molecule has 148 valence electrons. The van der Waals surface area contributed by atoms with Crippen molar-refractivity contribution in [2.75, 3.05) is 19.4 Å². The summed E-state index contributed by atoms with van der Waals surface area (Å²) in [6, 6.07) is 4.53. The summed E-state index contributed by atoms with van der Waals surface area (Å²) < 4.78 is 5.75. The molecule has 1 aromatic carbocycles. The van der Waals surface area contributed by atoms with Crippen LogP contribution in [0.3, 0.4) is 0 Å². The first-order valence-corrected chi connectivity index (χ1v) is 9.51. The molecule has 2 fully saturated rings.